The van der Waals surface area contributed by atoms with E-state index in [-0.39, 0.29) is 0 Å². The second-order valence-electron chi connectivity index (χ2n) is 4.79. The Labute approximate surface area is 75.9 Å². The van der Waals surface area contributed by atoms with Crippen LogP contribution in [0.4, 0.5) is 0 Å². The zero-order valence-electron chi connectivity index (χ0n) is 8.23. The predicted octanol–water partition coefficient (Wildman–Crippen LogP) is 2.57. The third kappa shape index (κ3) is 1.39. The van der Waals surface area contributed by atoms with E-state index in [9.17, 15) is 0 Å². The molecular weight excluding hydrogens is 146 g/mol. The SMILES string of the molecule is CC1CCCC12CCCCNC2. The number of hydrogen-bond acceptors (Lipinski definition) is 1. The Bertz CT molecular complexity index is 145. The third-order valence-corrected chi connectivity index (χ3v) is 4.11. The van der Waals surface area contributed by atoms with Crippen LogP contribution in [-0.4, -0.2) is 13.1 Å². The van der Waals surface area contributed by atoms with Gasteiger partial charge in [0.05, 0.1) is 0 Å². The normalized spacial score (nSPS) is 43.2. The molecule has 1 nitrogen and oxygen atoms in total. The summed E-state index contributed by atoms with van der Waals surface area (Å²) >= 11 is 0. The molecule has 1 aliphatic heterocycles. The molecule has 2 atom stereocenters. The summed E-state index contributed by atoms with van der Waals surface area (Å²) < 4.78 is 0. The van der Waals surface area contributed by atoms with Gasteiger partial charge in [0.25, 0.3) is 0 Å². The smallest absolute Gasteiger partial charge is 0.00104 e. The summed E-state index contributed by atoms with van der Waals surface area (Å²) in [4.78, 5) is 0. The first-order valence-corrected chi connectivity index (χ1v) is 5.54. The molecule has 0 amide bonds. The molecule has 1 spiro atoms. The highest BCUT2D eigenvalue weighted by Gasteiger charge is 2.39. The maximum absolute atomic E-state index is 3.61. The largest absolute Gasteiger partial charge is 0.316 e. The van der Waals surface area contributed by atoms with E-state index in [1.165, 1.54) is 51.6 Å². The molecule has 1 heterocycles. The fraction of sp³-hybridized carbons (Fsp3) is 1.00. The first kappa shape index (κ1) is 8.55. The molecule has 1 saturated carbocycles. The van der Waals surface area contributed by atoms with Crippen LogP contribution in [0.5, 0.6) is 0 Å². The summed E-state index contributed by atoms with van der Waals surface area (Å²) in [7, 11) is 0. The quantitative estimate of drug-likeness (QED) is 0.584. The van der Waals surface area contributed by atoms with Crippen molar-refractivity contribution in [2.24, 2.45) is 11.3 Å². The molecule has 0 aromatic carbocycles. The number of hydrogen-bond donors (Lipinski definition) is 1. The molecule has 2 unspecified atom stereocenters. The van der Waals surface area contributed by atoms with Crippen LogP contribution < -0.4 is 5.32 Å². The summed E-state index contributed by atoms with van der Waals surface area (Å²) in [5.41, 5.74) is 0.705. The third-order valence-electron chi connectivity index (χ3n) is 4.11. The molecule has 1 saturated heterocycles. The molecular formula is C11H21N. The molecule has 1 N–H and O–H groups in total. The van der Waals surface area contributed by atoms with Crippen molar-refractivity contribution >= 4 is 0 Å². The van der Waals surface area contributed by atoms with E-state index in [4.69, 9.17) is 0 Å². The lowest BCUT2D eigenvalue weighted by atomic mass is 9.75. The van der Waals surface area contributed by atoms with E-state index in [1.807, 2.05) is 0 Å². The van der Waals surface area contributed by atoms with Crippen molar-refractivity contribution < 1.29 is 0 Å². The Hall–Kier alpha value is -0.0400. The second-order valence-corrected chi connectivity index (χ2v) is 4.79. The van der Waals surface area contributed by atoms with Crippen molar-refractivity contribution in [3.8, 4) is 0 Å². The van der Waals surface area contributed by atoms with E-state index in [2.05, 4.69) is 12.2 Å². The molecule has 0 aromatic rings. The van der Waals surface area contributed by atoms with Gasteiger partial charge in [0.1, 0.15) is 0 Å². The molecule has 0 aromatic heterocycles. The van der Waals surface area contributed by atoms with Gasteiger partial charge in [-0.3, -0.25) is 0 Å². The molecule has 2 fully saturated rings. The highest BCUT2D eigenvalue weighted by atomic mass is 14.9. The van der Waals surface area contributed by atoms with Crippen LogP contribution in [0.3, 0.4) is 0 Å². The van der Waals surface area contributed by atoms with Gasteiger partial charge >= 0.3 is 0 Å². The Morgan fingerprint density at radius 1 is 1.17 bits per heavy atom. The molecule has 0 radical (unpaired) electrons. The van der Waals surface area contributed by atoms with Crippen LogP contribution in [-0.2, 0) is 0 Å². The minimum atomic E-state index is 0.705. The number of nitrogens with one attached hydrogen (secondary N) is 1. The van der Waals surface area contributed by atoms with Gasteiger partial charge in [0, 0.05) is 6.54 Å². The summed E-state index contributed by atoms with van der Waals surface area (Å²) in [5.74, 6) is 0.975. The lowest BCUT2D eigenvalue weighted by molar-refractivity contribution is 0.198. The molecule has 1 heteroatoms. The highest BCUT2D eigenvalue weighted by Crippen LogP contribution is 2.46. The molecule has 0 bridgehead atoms. The van der Waals surface area contributed by atoms with E-state index < -0.39 is 0 Å². The first-order chi connectivity index (χ1) is 5.83. The van der Waals surface area contributed by atoms with Crippen LogP contribution in [0, 0.1) is 11.3 Å². The van der Waals surface area contributed by atoms with E-state index in [1.54, 1.807) is 0 Å². The Balaban J connectivity index is 2.05. The van der Waals surface area contributed by atoms with Crippen molar-refractivity contribution in [2.45, 2.75) is 45.4 Å². The van der Waals surface area contributed by atoms with Gasteiger partial charge in [-0.05, 0) is 37.1 Å². The van der Waals surface area contributed by atoms with Crippen molar-refractivity contribution in [3.05, 3.63) is 0 Å². The monoisotopic (exact) mass is 167 g/mol. The first-order valence-electron chi connectivity index (χ1n) is 5.54. The standard InChI is InChI=1S/C11H21N/c1-10-5-4-7-11(10)6-2-3-8-12-9-11/h10,12H,2-9H2,1H3. The molecule has 1 aliphatic carbocycles. The summed E-state index contributed by atoms with van der Waals surface area (Å²) in [5, 5.41) is 3.61. The van der Waals surface area contributed by atoms with Crippen LogP contribution in [0.25, 0.3) is 0 Å². The van der Waals surface area contributed by atoms with Gasteiger partial charge < -0.3 is 5.32 Å². The summed E-state index contributed by atoms with van der Waals surface area (Å²) in [6.07, 6.45) is 8.78. The van der Waals surface area contributed by atoms with Crippen molar-refractivity contribution in [2.75, 3.05) is 13.1 Å². The minimum Gasteiger partial charge on any atom is -0.316 e. The maximum Gasteiger partial charge on any atom is 0.00104 e. The topological polar surface area (TPSA) is 12.0 Å². The highest BCUT2D eigenvalue weighted by molar-refractivity contribution is 4.92. The second kappa shape index (κ2) is 3.37. The fourth-order valence-electron chi connectivity index (χ4n) is 3.10. The summed E-state index contributed by atoms with van der Waals surface area (Å²) in [6, 6.07) is 0. The van der Waals surface area contributed by atoms with Crippen molar-refractivity contribution in [1.82, 2.24) is 5.32 Å². The van der Waals surface area contributed by atoms with Gasteiger partial charge in [-0.15, -0.1) is 0 Å². The van der Waals surface area contributed by atoms with Crippen LogP contribution >= 0.6 is 0 Å². The minimum absolute atomic E-state index is 0.705. The van der Waals surface area contributed by atoms with E-state index in [0.29, 0.717) is 5.41 Å². The zero-order valence-corrected chi connectivity index (χ0v) is 8.23. The maximum atomic E-state index is 3.61. The number of rotatable bonds is 0. The average molecular weight is 167 g/mol. The van der Waals surface area contributed by atoms with Crippen LogP contribution in [0.15, 0.2) is 0 Å². The van der Waals surface area contributed by atoms with Gasteiger partial charge in [-0.1, -0.05) is 26.2 Å². The molecule has 70 valence electrons. The lowest BCUT2D eigenvalue weighted by Gasteiger charge is -2.32. The van der Waals surface area contributed by atoms with Gasteiger partial charge in [0.2, 0.25) is 0 Å². The lowest BCUT2D eigenvalue weighted by Crippen LogP contribution is -2.34. The fourth-order valence-corrected chi connectivity index (χ4v) is 3.10. The molecule has 2 aliphatic rings. The van der Waals surface area contributed by atoms with Gasteiger partial charge in [0.15, 0.2) is 0 Å². The van der Waals surface area contributed by atoms with Crippen molar-refractivity contribution in [3.63, 3.8) is 0 Å². The van der Waals surface area contributed by atoms with Gasteiger partial charge in [-0.2, -0.15) is 0 Å². The van der Waals surface area contributed by atoms with E-state index in [0.717, 1.165) is 5.92 Å². The zero-order chi connectivity index (χ0) is 8.44. The average Bonchev–Trinajstić information content (AvgIpc) is 2.33. The predicted molar refractivity (Wildman–Crippen MR) is 52.2 cm³/mol. The van der Waals surface area contributed by atoms with Crippen LogP contribution in [0.2, 0.25) is 0 Å². The Morgan fingerprint density at radius 3 is 2.75 bits per heavy atom. The summed E-state index contributed by atoms with van der Waals surface area (Å²) in [6.45, 7) is 5.02. The van der Waals surface area contributed by atoms with Crippen molar-refractivity contribution in [1.29, 1.82) is 0 Å². The Morgan fingerprint density at radius 2 is 2.00 bits per heavy atom. The molecule has 2 rings (SSSR count). The van der Waals surface area contributed by atoms with Crippen LogP contribution in [0.1, 0.15) is 45.4 Å². The Kier molecular flexibility index (Phi) is 2.40. The van der Waals surface area contributed by atoms with E-state index >= 15 is 0 Å². The van der Waals surface area contributed by atoms with Gasteiger partial charge in [-0.25, -0.2) is 0 Å². The molecule has 12 heavy (non-hydrogen) atoms.